The SMILES string of the molecule is NCCN.NCCN.[Cl-].[Cl-].[Cl-].[Cr+3]. The maximum absolute atomic E-state index is 4.90. The van der Waals surface area contributed by atoms with Crippen LogP contribution in [0.2, 0.25) is 0 Å². The van der Waals surface area contributed by atoms with Crippen molar-refractivity contribution in [3.05, 3.63) is 0 Å². The molecule has 8 N–H and O–H groups in total. The molecule has 8 heteroatoms. The Kier molecular flexibility index (Phi) is 178. The van der Waals surface area contributed by atoms with Crippen LogP contribution in [0.3, 0.4) is 0 Å². The summed E-state index contributed by atoms with van der Waals surface area (Å²) in [5, 5.41) is 0. The molecular formula is C4H16Cl3CrN4. The minimum absolute atomic E-state index is 0. The normalized spacial score (nSPS) is 5.00. The molecule has 79 valence electrons. The Morgan fingerprint density at radius 1 is 0.500 bits per heavy atom. The van der Waals surface area contributed by atoms with E-state index in [2.05, 4.69) is 0 Å². The average Bonchev–Trinajstić information content (AvgIpc) is 1.88. The second-order valence-corrected chi connectivity index (χ2v) is 1.15. The molecule has 0 saturated heterocycles. The number of hydrogen-bond acceptors (Lipinski definition) is 4. The molecule has 0 atom stereocenters. The molecule has 12 heavy (non-hydrogen) atoms. The van der Waals surface area contributed by atoms with E-state index in [1.165, 1.54) is 0 Å². The molecule has 0 aromatic carbocycles. The zero-order chi connectivity index (χ0) is 6.83. The second-order valence-electron chi connectivity index (χ2n) is 1.15. The summed E-state index contributed by atoms with van der Waals surface area (Å²) in [7, 11) is 0. The zero-order valence-electron chi connectivity index (χ0n) is 6.68. The average molecular weight is 279 g/mol. The summed E-state index contributed by atoms with van der Waals surface area (Å²) < 4.78 is 0. The van der Waals surface area contributed by atoms with Gasteiger partial charge in [-0.1, -0.05) is 0 Å². The predicted octanol–water partition coefficient (Wildman–Crippen LogP) is -11.2. The fraction of sp³-hybridized carbons (Fsp3) is 1.00. The van der Waals surface area contributed by atoms with Crippen molar-refractivity contribution in [3.8, 4) is 0 Å². The molecule has 0 bridgehead atoms. The van der Waals surface area contributed by atoms with Gasteiger partial charge in [-0.2, -0.15) is 0 Å². The number of nitrogens with two attached hydrogens (primary N) is 4. The summed E-state index contributed by atoms with van der Waals surface area (Å²) in [5.41, 5.74) is 19.6. The molecule has 4 nitrogen and oxygen atoms in total. The third-order valence-corrected chi connectivity index (χ3v) is 0.333. The van der Waals surface area contributed by atoms with Crippen molar-refractivity contribution in [3.63, 3.8) is 0 Å². The molecule has 0 saturated carbocycles. The van der Waals surface area contributed by atoms with Crippen molar-refractivity contribution >= 4 is 0 Å². The van der Waals surface area contributed by atoms with Crippen LogP contribution in [0, 0.1) is 0 Å². The van der Waals surface area contributed by atoms with Gasteiger partial charge in [-0.3, -0.25) is 0 Å². The summed E-state index contributed by atoms with van der Waals surface area (Å²) in [6.45, 7) is 2.39. The van der Waals surface area contributed by atoms with Crippen LogP contribution in [0.1, 0.15) is 0 Å². The molecule has 0 rings (SSSR count). The van der Waals surface area contributed by atoms with Gasteiger partial charge in [0.2, 0.25) is 0 Å². The molecule has 0 aliphatic carbocycles. The summed E-state index contributed by atoms with van der Waals surface area (Å²) in [4.78, 5) is 0. The van der Waals surface area contributed by atoms with Crippen molar-refractivity contribution < 1.29 is 54.6 Å². The zero-order valence-corrected chi connectivity index (χ0v) is 10.2. The Hall–Kier alpha value is 1.24. The maximum Gasteiger partial charge on any atom is 3.00 e. The number of rotatable bonds is 2. The van der Waals surface area contributed by atoms with Gasteiger partial charge in [0, 0.05) is 26.2 Å². The van der Waals surface area contributed by atoms with Crippen molar-refractivity contribution in [2.24, 2.45) is 22.9 Å². The minimum atomic E-state index is 0. The maximum atomic E-state index is 4.90. The van der Waals surface area contributed by atoms with Gasteiger partial charge >= 0.3 is 17.4 Å². The molecule has 0 aliphatic rings. The van der Waals surface area contributed by atoms with Crippen LogP contribution in [0.5, 0.6) is 0 Å². The van der Waals surface area contributed by atoms with E-state index in [9.17, 15) is 0 Å². The number of hydrogen-bond donors (Lipinski definition) is 4. The van der Waals surface area contributed by atoms with E-state index in [1.807, 2.05) is 0 Å². The van der Waals surface area contributed by atoms with Gasteiger partial charge in [0.1, 0.15) is 0 Å². The second kappa shape index (κ2) is 56.3. The van der Waals surface area contributed by atoms with Gasteiger partial charge in [-0.15, -0.1) is 0 Å². The van der Waals surface area contributed by atoms with Crippen molar-refractivity contribution in [1.29, 1.82) is 0 Å². The largest absolute Gasteiger partial charge is 3.00 e. The van der Waals surface area contributed by atoms with E-state index in [-0.39, 0.29) is 54.6 Å². The molecule has 0 aromatic rings. The van der Waals surface area contributed by atoms with Crippen LogP contribution in [-0.4, -0.2) is 26.2 Å². The van der Waals surface area contributed by atoms with Gasteiger partial charge in [0.05, 0.1) is 0 Å². The van der Waals surface area contributed by atoms with Gasteiger partial charge in [0.15, 0.2) is 0 Å². The monoisotopic (exact) mass is 277 g/mol. The van der Waals surface area contributed by atoms with E-state index < -0.39 is 0 Å². The van der Waals surface area contributed by atoms with Crippen molar-refractivity contribution in [1.82, 2.24) is 0 Å². The molecule has 0 aliphatic heterocycles. The fourth-order valence-corrected chi connectivity index (χ4v) is 0. The van der Waals surface area contributed by atoms with E-state index in [0.29, 0.717) is 26.2 Å². The molecule has 0 unspecified atom stereocenters. The Labute approximate surface area is 104 Å². The van der Waals surface area contributed by atoms with Crippen LogP contribution < -0.4 is 60.2 Å². The van der Waals surface area contributed by atoms with E-state index in [4.69, 9.17) is 22.9 Å². The molecule has 0 heterocycles. The Bertz CT molecular complexity index is 30.3. The summed E-state index contributed by atoms with van der Waals surface area (Å²) in [6.07, 6.45) is 0. The van der Waals surface area contributed by atoms with Crippen LogP contribution in [0.25, 0.3) is 0 Å². The molecule has 0 amide bonds. The van der Waals surface area contributed by atoms with Crippen molar-refractivity contribution in [2.75, 3.05) is 26.2 Å². The first-order chi connectivity index (χ1) is 3.83. The molecular weight excluding hydrogens is 262 g/mol. The van der Waals surface area contributed by atoms with Gasteiger partial charge in [-0.25, -0.2) is 0 Å². The Morgan fingerprint density at radius 3 is 0.583 bits per heavy atom. The van der Waals surface area contributed by atoms with Gasteiger partial charge in [0.25, 0.3) is 0 Å². The molecule has 0 spiro atoms. The van der Waals surface area contributed by atoms with Crippen LogP contribution in [0.4, 0.5) is 0 Å². The third kappa shape index (κ3) is 112. The number of halogens is 3. The standard InChI is InChI=1S/2C2H8N2.3ClH.Cr/c2*3-1-2-4;;;;/h2*1-4H2;3*1H;/q;;;;;+3/p-3. The van der Waals surface area contributed by atoms with E-state index in [0.717, 1.165) is 0 Å². The predicted molar refractivity (Wildman–Crippen MR) is 36.2 cm³/mol. The van der Waals surface area contributed by atoms with Crippen LogP contribution in [-0.2, 0) is 17.4 Å². The third-order valence-electron chi connectivity index (χ3n) is 0.333. The summed E-state index contributed by atoms with van der Waals surface area (Å²) >= 11 is 0. The van der Waals surface area contributed by atoms with E-state index in [1.54, 1.807) is 0 Å². The first-order valence-corrected chi connectivity index (χ1v) is 2.63. The van der Waals surface area contributed by atoms with Gasteiger partial charge in [-0.05, 0) is 0 Å². The van der Waals surface area contributed by atoms with Crippen molar-refractivity contribution in [2.45, 2.75) is 0 Å². The molecule has 0 fully saturated rings. The fourth-order valence-electron chi connectivity index (χ4n) is 0. The molecule has 1 radical (unpaired) electrons. The topological polar surface area (TPSA) is 104 Å². The van der Waals surface area contributed by atoms with Crippen LogP contribution >= 0.6 is 0 Å². The summed E-state index contributed by atoms with van der Waals surface area (Å²) in [6, 6.07) is 0. The minimum Gasteiger partial charge on any atom is -1.00 e. The smallest absolute Gasteiger partial charge is 1.00 e. The first-order valence-electron chi connectivity index (χ1n) is 2.63. The van der Waals surface area contributed by atoms with Gasteiger partial charge < -0.3 is 60.2 Å². The Balaban J connectivity index is -0.0000000112. The Morgan fingerprint density at radius 2 is 0.583 bits per heavy atom. The first kappa shape index (κ1) is 37.8. The van der Waals surface area contributed by atoms with E-state index >= 15 is 0 Å². The quantitative estimate of drug-likeness (QED) is 0.403. The summed E-state index contributed by atoms with van der Waals surface area (Å²) in [5.74, 6) is 0. The van der Waals surface area contributed by atoms with Crippen LogP contribution in [0.15, 0.2) is 0 Å². The molecule has 0 aromatic heterocycles.